The van der Waals surface area contributed by atoms with Crippen molar-refractivity contribution in [3.05, 3.63) is 65.0 Å². The van der Waals surface area contributed by atoms with Gasteiger partial charge >= 0.3 is 0 Å². The smallest absolute Gasteiger partial charge is 0.272 e. The Hall–Kier alpha value is -3.60. The lowest BCUT2D eigenvalue weighted by molar-refractivity contribution is -0.148. The van der Waals surface area contributed by atoms with Crippen LogP contribution in [0.5, 0.6) is 5.75 Å². The van der Waals surface area contributed by atoms with Gasteiger partial charge in [-0.2, -0.15) is 0 Å². The van der Waals surface area contributed by atoms with Gasteiger partial charge in [0.25, 0.3) is 17.7 Å². The van der Waals surface area contributed by atoms with Gasteiger partial charge in [-0.3, -0.25) is 14.4 Å². The van der Waals surface area contributed by atoms with Crippen LogP contribution in [0.15, 0.2) is 42.5 Å². The van der Waals surface area contributed by atoms with E-state index in [4.69, 9.17) is 0 Å². The minimum Gasteiger partial charge on any atom is -0.508 e. The number of aliphatic hydroxyl groups is 1. The van der Waals surface area contributed by atoms with E-state index in [0.717, 1.165) is 6.07 Å². The first kappa shape index (κ1) is 30.9. The molecular weight excluding hydrogens is 527 g/mol. The van der Waals surface area contributed by atoms with E-state index in [1.165, 1.54) is 57.2 Å². The summed E-state index contributed by atoms with van der Waals surface area (Å²) < 4.78 is 44.1. The van der Waals surface area contributed by atoms with E-state index in [1.54, 1.807) is 0 Å². The van der Waals surface area contributed by atoms with Gasteiger partial charge in [0.15, 0.2) is 6.10 Å². The van der Waals surface area contributed by atoms with E-state index < -0.39 is 59.6 Å². The fourth-order valence-electron chi connectivity index (χ4n) is 4.79. The van der Waals surface area contributed by atoms with Crippen LogP contribution < -0.4 is 10.6 Å². The van der Waals surface area contributed by atoms with Crippen molar-refractivity contribution in [2.24, 2.45) is 11.3 Å². The van der Waals surface area contributed by atoms with Crippen molar-refractivity contribution in [3.8, 4) is 5.75 Å². The molecule has 40 heavy (non-hydrogen) atoms. The Morgan fingerprint density at radius 2 is 1.77 bits per heavy atom. The first-order valence-corrected chi connectivity index (χ1v) is 13.0. The highest BCUT2D eigenvalue weighted by molar-refractivity contribution is 5.97. The second-order valence-electron chi connectivity index (χ2n) is 11.2. The number of alkyl halides is 2. The van der Waals surface area contributed by atoms with Crippen LogP contribution in [0.4, 0.5) is 13.2 Å². The number of benzene rings is 2. The average molecular weight is 564 g/mol. The monoisotopic (exact) mass is 563 g/mol. The zero-order valence-corrected chi connectivity index (χ0v) is 23.2. The summed E-state index contributed by atoms with van der Waals surface area (Å²) in [5.74, 6) is -6.88. The number of phenols is 1. The predicted octanol–water partition coefficient (Wildman–Crippen LogP) is 3.19. The zero-order valence-electron chi connectivity index (χ0n) is 23.2. The normalized spacial score (nSPS) is 19.2. The number of carbonyl (C=O) groups is 3. The zero-order chi connectivity index (χ0) is 30.0. The van der Waals surface area contributed by atoms with E-state index in [1.807, 2.05) is 13.8 Å². The number of carbonyl (C=O) groups excluding carboxylic acids is 3. The Balaban J connectivity index is 1.96. The fourth-order valence-corrected chi connectivity index (χ4v) is 4.79. The molecule has 2 aromatic carbocycles. The van der Waals surface area contributed by atoms with Gasteiger partial charge in [-0.15, -0.1) is 0 Å². The number of halogens is 3. The molecule has 2 aromatic rings. The Morgan fingerprint density at radius 1 is 1.12 bits per heavy atom. The number of nitrogens with zero attached hydrogens (tertiary/aromatic N) is 1. The maximum absolute atomic E-state index is 15.1. The van der Waals surface area contributed by atoms with Gasteiger partial charge in [0, 0.05) is 17.7 Å². The van der Waals surface area contributed by atoms with Gasteiger partial charge < -0.3 is 25.7 Å². The second-order valence-corrected chi connectivity index (χ2v) is 11.2. The van der Waals surface area contributed by atoms with Crippen molar-refractivity contribution in [3.63, 3.8) is 0 Å². The van der Waals surface area contributed by atoms with Crippen LogP contribution in [0.1, 0.15) is 49.2 Å². The number of hydrogen-bond donors (Lipinski definition) is 4. The van der Waals surface area contributed by atoms with Gasteiger partial charge in [-0.1, -0.05) is 45.9 Å². The molecule has 0 aromatic heterocycles. The summed E-state index contributed by atoms with van der Waals surface area (Å²) in [5.41, 5.74) is -1.33. The molecule has 0 aliphatic carbocycles. The molecule has 3 rings (SSSR count). The molecule has 0 radical (unpaired) electrons. The van der Waals surface area contributed by atoms with Gasteiger partial charge in [0.1, 0.15) is 17.6 Å². The number of hydrogen-bond acceptors (Lipinski definition) is 5. The average Bonchev–Trinajstić information content (AvgIpc) is 3.06. The molecule has 1 saturated heterocycles. The second kappa shape index (κ2) is 11.9. The molecule has 1 heterocycles. The van der Waals surface area contributed by atoms with Crippen LogP contribution >= 0.6 is 0 Å². The Labute approximate surface area is 231 Å². The summed E-state index contributed by atoms with van der Waals surface area (Å²) in [7, 11) is 0. The quantitative estimate of drug-likeness (QED) is 0.374. The minimum absolute atomic E-state index is 0.0236. The fraction of sp³-hybridized carbons (Fsp3) is 0.483. The minimum atomic E-state index is -3.46. The molecule has 218 valence electrons. The van der Waals surface area contributed by atoms with Crippen LogP contribution in [0.2, 0.25) is 0 Å². The predicted molar refractivity (Wildman–Crippen MR) is 142 cm³/mol. The molecule has 11 heteroatoms. The summed E-state index contributed by atoms with van der Waals surface area (Å²) in [6.45, 7) is 6.61. The SMILES string of the molecule is Cc1c(O)cccc1C(=O)N[C@@H](Cc1cccc(F)c1)[C@H](O)C(=O)N1CC(F)(F)C(C)(C)[C@H]1C(=O)NCC(C)C. The third-order valence-corrected chi connectivity index (χ3v) is 7.37. The molecule has 0 saturated carbocycles. The number of phenolic OH excluding ortho intramolecular Hbond substituents is 1. The lowest BCUT2D eigenvalue weighted by Crippen LogP contribution is -2.58. The Kier molecular flexibility index (Phi) is 9.18. The van der Waals surface area contributed by atoms with Crippen molar-refractivity contribution in [1.29, 1.82) is 0 Å². The van der Waals surface area contributed by atoms with Crippen molar-refractivity contribution < 1.29 is 37.8 Å². The first-order chi connectivity index (χ1) is 18.6. The van der Waals surface area contributed by atoms with Crippen molar-refractivity contribution in [2.75, 3.05) is 13.1 Å². The Bertz CT molecular complexity index is 1270. The summed E-state index contributed by atoms with van der Waals surface area (Å²) in [5, 5.41) is 26.4. The molecule has 1 aliphatic heterocycles. The number of nitrogens with one attached hydrogen (secondary N) is 2. The molecule has 0 unspecified atom stereocenters. The number of amides is 3. The summed E-state index contributed by atoms with van der Waals surface area (Å²) >= 11 is 0. The van der Waals surface area contributed by atoms with Crippen LogP contribution in [0.25, 0.3) is 0 Å². The van der Waals surface area contributed by atoms with Crippen LogP contribution in [0.3, 0.4) is 0 Å². The maximum Gasteiger partial charge on any atom is 0.272 e. The number of aliphatic hydroxyl groups excluding tert-OH is 1. The van der Waals surface area contributed by atoms with Gasteiger partial charge in [-0.25, -0.2) is 13.2 Å². The number of aromatic hydroxyl groups is 1. The standard InChI is InChI=1S/C29H36F3N3O5/c1-16(2)14-33-26(39)24-28(4,5)29(31,32)15-35(24)27(40)23(37)21(13-18-8-6-9-19(30)12-18)34-25(38)20-10-7-11-22(36)17(20)3/h6-12,16,21,23-24,36-37H,13-15H2,1-5H3,(H,33,39)(H,34,38)/t21-,23-,24+/m0/s1. The number of likely N-dealkylation sites (tertiary alicyclic amines) is 1. The Morgan fingerprint density at radius 3 is 2.40 bits per heavy atom. The van der Waals surface area contributed by atoms with Gasteiger partial charge in [-0.05, 0) is 49.1 Å². The molecule has 8 nitrogen and oxygen atoms in total. The van der Waals surface area contributed by atoms with Gasteiger partial charge in [0.05, 0.1) is 18.0 Å². The molecule has 3 amide bonds. The lowest BCUT2D eigenvalue weighted by atomic mass is 9.81. The van der Waals surface area contributed by atoms with Crippen molar-refractivity contribution >= 4 is 17.7 Å². The van der Waals surface area contributed by atoms with Crippen LogP contribution in [-0.2, 0) is 16.0 Å². The highest BCUT2D eigenvalue weighted by atomic mass is 19.3. The highest BCUT2D eigenvalue weighted by Gasteiger charge is 2.64. The highest BCUT2D eigenvalue weighted by Crippen LogP contribution is 2.48. The van der Waals surface area contributed by atoms with Crippen LogP contribution in [0, 0.1) is 24.1 Å². The van der Waals surface area contributed by atoms with E-state index in [0.29, 0.717) is 10.5 Å². The largest absolute Gasteiger partial charge is 0.508 e. The maximum atomic E-state index is 15.1. The van der Waals surface area contributed by atoms with E-state index in [2.05, 4.69) is 10.6 Å². The first-order valence-electron chi connectivity index (χ1n) is 13.0. The molecule has 4 N–H and O–H groups in total. The molecular formula is C29H36F3N3O5. The third kappa shape index (κ3) is 6.41. The number of rotatable bonds is 9. The van der Waals surface area contributed by atoms with E-state index in [9.17, 15) is 29.0 Å². The summed E-state index contributed by atoms with van der Waals surface area (Å²) in [6, 6.07) is 6.56. The molecule has 0 spiro atoms. The summed E-state index contributed by atoms with van der Waals surface area (Å²) in [4.78, 5) is 40.5. The van der Waals surface area contributed by atoms with E-state index in [-0.39, 0.29) is 35.8 Å². The van der Waals surface area contributed by atoms with Crippen molar-refractivity contribution in [1.82, 2.24) is 15.5 Å². The molecule has 0 bridgehead atoms. The van der Waals surface area contributed by atoms with E-state index >= 15 is 8.78 Å². The summed E-state index contributed by atoms with van der Waals surface area (Å²) in [6.07, 6.45) is -2.29. The lowest BCUT2D eigenvalue weighted by Gasteiger charge is -2.34. The van der Waals surface area contributed by atoms with Crippen LogP contribution in [-0.4, -0.2) is 70.0 Å². The van der Waals surface area contributed by atoms with Crippen molar-refractivity contribution in [2.45, 2.75) is 65.1 Å². The molecule has 3 atom stereocenters. The molecule has 1 fully saturated rings. The molecule has 1 aliphatic rings. The van der Waals surface area contributed by atoms with Gasteiger partial charge in [0.2, 0.25) is 5.91 Å². The third-order valence-electron chi connectivity index (χ3n) is 7.37. The topological polar surface area (TPSA) is 119 Å².